The number of ether oxygens (including phenoxy) is 1. The van der Waals surface area contributed by atoms with Crippen LogP contribution >= 0.6 is 11.6 Å². The maximum absolute atomic E-state index is 13.6. The van der Waals surface area contributed by atoms with Crippen LogP contribution in [0.2, 0.25) is 5.02 Å². The van der Waals surface area contributed by atoms with Gasteiger partial charge in [0, 0.05) is 11.6 Å². The summed E-state index contributed by atoms with van der Waals surface area (Å²) < 4.78 is 70.8. The van der Waals surface area contributed by atoms with E-state index in [0.29, 0.717) is 24.4 Å². The summed E-state index contributed by atoms with van der Waals surface area (Å²) in [5.74, 6) is -1.02. The maximum atomic E-state index is 13.6. The van der Waals surface area contributed by atoms with Crippen molar-refractivity contribution in [2.24, 2.45) is 0 Å². The molecule has 0 aliphatic carbocycles. The van der Waals surface area contributed by atoms with E-state index in [9.17, 15) is 26.4 Å². The molecule has 3 aromatic rings. The largest absolute Gasteiger partial charge is 0.435 e. The Morgan fingerprint density at radius 2 is 1.67 bits per heavy atom. The molecule has 0 spiro atoms. The van der Waals surface area contributed by atoms with E-state index in [4.69, 9.17) is 11.6 Å². The Labute approximate surface area is 211 Å². The Kier molecular flexibility index (Phi) is 7.75. The van der Waals surface area contributed by atoms with Crippen molar-refractivity contribution in [3.05, 3.63) is 89.2 Å². The van der Waals surface area contributed by atoms with E-state index in [1.54, 1.807) is 17.0 Å². The van der Waals surface area contributed by atoms with E-state index in [2.05, 4.69) is 4.74 Å². The summed E-state index contributed by atoms with van der Waals surface area (Å²) in [7, 11) is -4.27. The molecule has 11 heteroatoms. The highest BCUT2D eigenvalue weighted by molar-refractivity contribution is 7.92. The van der Waals surface area contributed by atoms with Crippen LogP contribution in [0.15, 0.2) is 77.7 Å². The first-order valence-electron chi connectivity index (χ1n) is 11.0. The number of hydrogen-bond donors (Lipinski definition) is 0. The van der Waals surface area contributed by atoms with E-state index < -0.39 is 29.1 Å². The lowest BCUT2D eigenvalue weighted by molar-refractivity contribution is -0.130. The normalized spacial score (nSPS) is 15.8. The first-order chi connectivity index (χ1) is 17.1. The minimum atomic E-state index is -4.27. The number of sulfonamides is 1. The number of rotatable bonds is 8. The zero-order valence-electron chi connectivity index (χ0n) is 18.9. The number of likely N-dealkylation sites (tertiary alicyclic amines) is 1. The Hall–Kier alpha value is -3.24. The number of benzene rings is 3. The van der Waals surface area contributed by atoms with Crippen LogP contribution in [-0.4, -0.2) is 38.9 Å². The summed E-state index contributed by atoms with van der Waals surface area (Å²) in [6.07, 6.45) is 1.38. The average molecular weight is 539 g/mol. The molecular formula is C25H22ClF3N2O4S. The molecule has 0 aromatic heterocycles. The minimum Gasteiger partial charge on any atom is -0.435 e. The van der Waals surface area contributed by atoms with Crippen molar-refractivity contribution in [1.82, 2.24) is 4.90 Å². The summed E-state index contributed by atoms with van der Waals surface area (Å²) in [5, 5.41) is 0.381. The quantitative estimate of drug-likeness (QED) is 0.372. The van der Waals surface area contributed by atoms with Gasteiger partial charge in [0.15, 0.2) is 0 Å². The van der Waals surface area contributed by atoms with Crippen molar-refractivity contribution in [2.75, 3.05) is 17.4 Å². The van der Waals surface area contributed by atoms with E-state index >= 15 is 0 Å². The molecule has 36 heavy (non-hydrogen) atoms. The molecule has 0 bridgehead atoms. The van der Waals surface area contributed by atoms with Gasteiger partial charge in [-0.25, -0.2) is 12.8 Å². The molecule has 1 fully saturated rings. The minimum absolute atomic E-state index is 0.197. The van der Waals surface area contributed by atoms with Crippen LogP contribution in [0.5, 0.6) is 5.75 Å². The second kappa shape index (κ2) is 10.8. The van der Waals surface area contributed by atoms with Gasteiger partial charge in [-0.1, -0.05) is 23.7 Å². The average Bonchev–Trinajstić information content (AvgIpc) is 3.34. The fourth-order valence-electron chi connectivity index (χ4n) is 4.15. The first-order valence-corrected chi connectivity index (χ1v) is 12.8. The standard InChI is InChI=1S/C25H22ClF3N2O4S/c26-18-5-9-20(10-6-18)31(36(33,34)22-13-11-21(12-14-22)35-25(28)29)16-24(32)30-15-1-2-23(30)17-3-7-19(27)8-4-17/h3-14,23,25H,1-2,15-16H2. The van der Waals surface area contributed by atoms with Gasteiger partial charge in [-0.3, -0.25) is 9.10 Å². The number of nitrogens with zero attached hydrogens (tertiary/aromatic N) is 2. The predicted molar refractivity (Wildman–Crippen MR) is 129 cm³/mol. The summed E-state index contributed by atoms with van der Waals surface area (Å²) in [5.41, 5.74) is 0.968. The monoisotopic (exact) mass is 538 g/mol. The fourth-order valence-corrected chi connectivity index (χ4v) is 5.69. The number of carbonyl (C=O) groups excluding carboxylic acids is 1. The number of anilines is 1. The fraction of sp³-hybridized carbons (Fsp3) is 0.240. The van der Waals surface area contributed by atoms with E-state index in [-0.39, 0.29) is 28.2 Å². The van der Waals surface area contributed by atoms with Gasteiger partial charge in [0.1, 0.15) is 18.1 Å². The van der Waals surface area contributed by atoms with Crippen LogP contribution in [0.25, 0.3) is 0 Å². The summed E-state index contributed by atoms with van der Waals surface area (Å²) >= 11 is 5.97. The number of carbonyl (C=O) groups is 1. The third-order valence-electron chi connectivity index (χ3n) is 5.86. The van der Waals surface area contributed by atoms with Gasteiger partial charge >= 0.3 is 6.61 Å². The van der Waals surface area contributed by atoms with Crippen LogP contribution in [0.3, 0.4) is 0 Å². The van der Waals surface area contributed by atoms with Crippen molar-refractivity contribution >= 4 is 33.2 Å². The van der Waals surface area contributed by atoms with Crippen molar-refractivity contribution in [1.29, 1.82) is 0 Å². The number of amides is 1. The Balaban J connectivity index is 1.64. The van der Waals surface area contributed by atoms with Crippen molar-refractivity contribution < 1.29 is 31.1 Å². The molecule has 6 nitrogen and oxygen atoms in total. The van der Waals surface area contributed by atoms with Gasteiger partial charge in [-0.05, 0) is 79.1 Å². The molecule has 0 saturated carbocycles. The molecule has 1 heterocycles. The van der Waals surface area contributed by atoms with Crippen LogP contribution < -0.4 is 9.04 Å². The van der Waals surface area contributed by atoms with Crippen LogP contribution in [-0.2, 0) is 14.8 Å². The predicted octanol–water partition coefficient (Wildman–Crippen LogP) is 5.64. The van der Waals surface area contributed by atoms with Crippen LogP contribution in [0.1, 0.15) is 24.4 Å². The Morgan fingerprint density at radius 1 is 1.03 bits per heavy atom. The smallest absolute Gasteiger partial charge is 0.387 e. The molecule has 190 valence electrons. The molecule has 0 radical (unpaired) electrons. The topological polar surface area (TPSA) is 66.9 Å². The second-order valence-electron chi connectivity index (χ2n) is 8.13. The third kappa shape index (κ3) is 5.76. The number of alkyl halides is 2. The Morgan fingerprint density at radius 3 is 2.28 bits per heavy atom. The van der Waals surface area contributed by atoms with Gasteiger partial charge in [0.05, 0.1) is 16.6 Å². The lowest BCUT2D eigenvalue weighted by atomic mass is 10.0. The Bertz CT molecular complexity index is 1300. The van der Waals surface area contributed by atoms with Crippen LogP contribution in [0.4, 0.5) is 18.9 Å². The van der Waals surface area contributed by atoms with Gasteiger partial charge in [-0.15, -0.1) is 0 Å². The number of halogens is 4. The van der Waals surface area contributed by atoms with Crippen molar-refractivity contribution in [3.63, 3.8) is 0 Å². The van der Waals surface area contributed by atoms with Crippen molar-refractivity contribution in [3.8, 4) is 5.75 Å². The molecule has 1 atom stereocenters. The highest BCUT2D eigenvalue weighted by Gasteiger charge is 2.34. The van der Waals surface area contributed by atoms with Crippen LogP contribution in [0, 0.1) is 5.82 Å². The zero-order chi connectivity index (χ0) is 25.9. The van der Waals surface area contributed by atoms with Gasteiger partial charge in [0.25, 0.3) is 10.0 Å². The highest BCUT2D eigenvalue weighted by Crippen LogP contribution is 2.33. The van der Waals surface area contributed by atoms with E-state index in [0.717, 1.165) is 34.1 Å². The lowest BCUT2D eigenvalue weighted by Crippen LogP contribution is -2.42. The zero-order valence-corrected chi connectivity index (χ0v) is 20.4. The molecule has 4 rings (SSSR count). The molecule has 1 aliphatic heterocycles. The SMILES string of the molecule is O=C(CN(c1ccc(Cl)cc1)S(=O)(=O)c1ccc(OC(F)F)cc1)N1CCCC1c1ccc(F)cc1. The van der Waals surface area contributed by atoms with E-state index in [1.165, 1.54) is 36.4 Å². The van der Waals surface area contributed by atoms with Gasteiger partial charge in [-0.2, -0.15) is 8.78 Å². The summed E-state index contributed by atoms with van der Waals surface area (Å²) in [6, 6.07) is 16.0. The van der Waals surface area contributed by atoms with Crippen molar-refractivity contribution in [2.45, 2.75) is 30.4 Å². The molecular weight excluding hydrogens is 517 g/mol. The lowest BCUT2D eigenvalue weighted by Gasteiger charge is -2.30. The highest BCUT2D eigenvalue weighted by atomic mass is 35.5. The van der Waals surface area contributed by atoms with E-state index in [1.807, 2.05) is 0 Å². The molecule has 1 amide bonds. The molecule has 1 unspecified atom stereocenters. The second-order valence-corrected chi connectivity index (χ2v) is 10.4. The maximum Gasteiger partial charge on any atom is 0.387 e. The van der Waals surface area contributed by atoms with Gasteiger partial charge in [0.2, 0.25) is 5.91 Å². The molecule has 1 aliphatic rings. The van der Waals surface area contributed by atoms with Gasteiger partial charge < -0.3 is 9.64 Å². The molecule has 1 saturated heterocycles. The molecule has 0 N–H and O–H groups in total. The summed E-state index contributed by atoms with van der Waals surface area (Å²) in [4.78, 5) is 14.8. The summed E-state index contributed by atoms with van der Waals surface area (Å²) in [6.45, 7) is -3.13. The number of hydrogen-bond acceptors (Lipinski definition) is 4. The third-order valence-corrected chi connectivity index (χ3v) is 7.90. The first kappa shape index (κ1) is 25.8. The molecule has 3 aromatic carbocycles.